The third-order valence-electron chi connectivity index (χ3n) is 8.89. The average molecular weight is 901 g/mol. The topological polar surface area (TPSA) is 359 Å². The van der Waals surface area contributed by atoms with Gasteiger partial charge >= 0.3 is 17.1 Å². The molecule has 1 fully saturated rings. The largest absolute Gasteiger partial charge is 0.383 e. The molecule has 0 aliphatic carbocycles. The quantitative estimate of drug-likeness (QED) is 0.0550. The van der Waals surface area contributed by atoms with Gasteiger partial charge in [-0.25, -0.2) is 14.4 Å². The van der Waals surface area contributed by atoms with Gasteiger partial charge in [-0.2, -0.15) is 4.98 Å². The van der Waals surface area contributed by atoms with E-state index in [-0.39, 0.29) is 30.7 Å². The zero-order valence-corrected chi connectivity index (χ0v) is 36.0. The van der Waals surface area contributed by atoms with Gasteiger partial charge in [0.25, 0.3) is 11.1 Å². The normalized spacial score (nSPS) is 26.1. The number of hydrogen-bond donors (Lipinski definition) is 6. The maximum atomic E-state index is 11.9. The summed E-state index contributed by atoms with van der Waals surface area (Å²) in [5, 5.41) is 3.57. The van der Waals surface area contributed by atoms with E-state index in [1.54, 1.807) is 51.3 Å². The molecule has 3 aromatic rings. The van der Waals surface area contributed by atoms with Crippen molar-refractivity contribution in [3.63, 3.8) is 0 Å². The fourth-order valence-corrected chi connectivity index (χ4v) is 8.83. The molecule has 0 aromatic carbocycles. The van der Waals surface area contributed by atoms with E-state index >= 15 is 0 Å². The lowest BCUT2D eigenvalue weighted by Gasteiger charge is -2.17. The summed E-state index contributed by atoms with van der Waals surface area (Å²) in [5.74, 6) is 0.188. The Labute approximate surface area is 340 Å². The van der Waals surface area contributed by atoms with Gasteiger partial charge in [0.1, 0.15) is 12.0 Å². The Kier molecular flexibility index (Phi) is 15.4. The predicted octanol–water partition coefficient (Wildman–Crippen LogP) is 1.40. The van der Waals surface area contributed by atoms with E-state index < -0.39 is 93.3 Å². The Hall–Kier alpha value is -4.72. The number of nitrogens with one attached hydrogen (secondary N) is 2. The van der Waals surface area contributed by atoms with Crippen molar-refractivity contribution >= 4 is 27.9 Å². The summed E-state index contributed by atoms with van der Waals surface area (Å²) in [7, 11) is -9.72. The fraction of sp³-hybridized carbons (Fsp3) is 0.515. The molecule has 3 aliphatic rings. The standard InChI is InChI=1S/C11H16N5O5P.C11H16N3O4P.C11H15N2O5P/c1-6-4-16(11(18)13-10(6)17)9-3-7(14-15-12)8(21-9)5-22(2,19)20;1-7-5-14(11(15)13-10(7)12)9-4-3-8(18-9)6-19(2,16)17;1-7-5-13(11(15)12-10(7)14)9-4-3-8(18-9)6-19(2,16)17/h4,7-9H,3,5H2,1-2H3,(H,19,20)(H,13,17,18);3-5,8-9H,6H2,1-2H3,(H,16,17)(H2,12,13,15);3-5,8-9H,6H2,1-2H3,(H,16,17)(H,12,14,15)/t7?,8-,9-;2*8-,9+/m100/s1. The molecule has 6 rings (SSSR count). The molecular formula is C33H47N10O14P3. The van der Waals surface area contributed by atoms with Gasteiger partial charge < -0.3 is 34.6 Å². The average Bonchev–Trinajstić information content (AvgIpc) is 3.85. The van der Waals surface area contributed by atoms with Gasteiger partial charge in [-0.1, -0.05) is 17.3 Å². The lowest BCUT2D eigenvalue weighted by molar-refractivity contribution is 0.00671. The molecule has 328 valence electrons. The number of anilines is 1. The molecule has 24 nitrogen and oxygen atoms in total. The Bertz CT molecular complexity index is 2630. The van der Waals surface area contributed by atoms with Gasteiger partial charge in [-0.05, 0) is 38.5 Å². The van der Waals surface area contributed by atoms with Gasteiger partial charge in [-0.3, -0.25) is 47.0 Å². The molecule has 0 amide bonds. The molecule has 3 aliphatic heterocycles. The number of azide groups is 1. The molecule has 7 N–H and O–H groups in total. The summed E-state index contributed by atoms with van der Waals surface area (Å²) >= 11 is 0. The van der Waals surface area contributed by atoms with E-state index in [2.05, 4.69) is 25.0 Å². The molecule has 0 spiro atoms. The highest BCUT2D eigenvalue weighted by Gasteiger charge is 2.39. The zero-order valence-electron chi connectivity index (χ0n) is 33.3. The van der Waals surface area contributed by atoms with E-state index in [4.69, 9.17) is 25.5 Å². The first-order valence-corrected chi connectivity index (χ1v) is 24.9. The van der Waals surface area contributed by atoms with Crippen molar-refractivity contribution in [2.75, 3.05) is 44.2 Å². The van der Waals surface area contributed by atoms with Gasteiger partial charge in [-0.15, -0.1) is 0 Å². The van der Waals surface area contributed by atoms with Crippen LogP contribution in [0.5, 0.6) is 0 Å². The first-order valence-electron chi connectivity index (χ1n) is 18.0. The summed E-state index contributed by atoms with van der Waals surface area (Å²) in [6.07, 6.45) is 7.16. The molecule has 1 saturated heterocycles. The number of aromatic nitrogens is 6. The second-order valence-electron chi connectivity index (χ2n) is 14.7. The molecule has 4 unspecified atom stereocenters. The molecule has 6 heterocycles. The lowest BCUT2D eigenvalue weighted by atomic mass is 10.1. The van der Waals surface area contributed by atoms with Gasteiger partial charge in [0.2, 0.25) is 14.7 Å². The van der Waals surface area contributed by atoms with Crippen molar-refractivity contribution in [3.05, 3.63) is 122 Å². The number of nitrogen functional groups attached to an aromatic ring is 1. The Morgan fingerprint density at radius 3 is 1.68 bits per heavy atom. The van der Waals surface area contributed by atoms with Crippen LogP contribution in [0.3, 0.4) is 0 Å². The summed E-state index contributed by atoms with van der Waals surface area (Å²) < 4.78 is 54.6. The van der Waals surface area contributed by atoms with Crippen LogP contribution in [0.4, 0.5) is 5.82 Å². The first kappa shape index (κ1) is 48.0. The highest BCUT2D eigenvalue weighted by molar-refractivity contribution is 7.57. The molecule has 0 saturated carbocycles. The third kappa shape index (κ3) is 13.7. The highest BCUT2D eigenvalue weighted by atomic mass is 31.2. The molecule has 0 bridgehead atoms. The zero-order chi connectivity index (χ0) is 44.9. The van der Waals surface area contributed by atoms with E-state index in [1.165, 1.54) is 46.1 Å². The van der Waals surface area contributed by atoms with Gasteiger partial charge in [0.15, 0.2) is 19.8 Å². The van der Waals surface area contributed by atoms with Crippen molar-refractivity contribution in [1.29, 1.82) is 0 Å². The molecule has 10 atom stereocenters. The molecule has 27 heteroatoms. The van der Waals surface area contributed by atoms with E-state index in [9.17, 15) is 52.3 Å². The van der Waals surface area contributed by atoms with Crippen LogP contribution < -0.4 is 33.9 Å². The van der Waals surface area contributed by atoms with Crippen molar-refractivity contribution in [2.24, 2.45) is 5.11 Å². The Morgan fingerprint density at radius 2 is 1.20 bits per heavy atom. The third-order valence-corrected chi connectivity index (χ3v) is 12.0. The Morgan fingerprint density at radius 1 is 0.750 bits per heavy atom. The van der Waals surface area contributed by atoms with Crippen LogP contribution in [0.2, 0.25) is 0 Å². The summed E-state index contributed by atoms with van der Waals surface area (Å²) in [5.41, 5.74) is 12.9. The molecule has 60 heavy (non-hydrogen) atoms. The second-order valence-corrected chi connectivity index (χ2v) is 22.1. The number of aryl methyl sites for hydroxylation is 3. The SMILES string of the molecule is Cc1cn([C@H]2C=C[C@@H](CP(C)(=O)O)O2)c(=O)[nH]c1=O.Cc1cn([C@H]2C=C[C@@H](CP(C)(=O)O)O2)c(=O)nc1N.Cc1cn([C@H]2CC(N=[N+]=[N-])[C@@H](CP(C)(=O)O)O2)c(=O)[nH]c1=O. The monoisotopic (exact) mass is 900 g/mol. The van der Waals surface area contributed by atoms with E-state index in [0.717, 1.165) is 0 Å². The van der Waals surface area contributed by atoms with Crippen LogP contribution in [0, 0.1) is 20.8 Å². The molecular weight excluding hydrogens is 853 g/mol. The number of nitrogens with zero attached hydrogens (tertiary/aromatic N) is 7. The minimum absolute atomic E-state index is 0.00289. The molecule has 0 radical (unpaired) electrons. The Balaban J connectivity index is 0.000000199. The van der Waals surface area contributed by atoms with Crippen molar-refractivity contribution < 1.29 is 42.6 Å². The minimum Gasteiger partial charge on any atom is -0.383 e. The maximum Gasteiger partial charge on any atom is 0.351 e. The maximum absolute atomic E-state index is 11.9. The van der Waals surface area contributed by atoms with Gasteiger partial charge in [0, 0.05) is 66.6 Å². The number of nitrogens with two attached hydrogens (primary N) is 1. The predicted molar refractivity (Wildman–Crippen MR) is 219 cm³/mol. The number of aromatic amines is 2. The van der Waals surface area contributed by atoms with Crippen molar-refractivity contribution in [3.8, 4) is 0 Å². The summed E-state index contributed by atoms with van der Waals surface area (Å²) in [4.78, 5) is 96.7. The van der Waals surface area contributed by atoms with Crippen LogP contribution in [0.15, 0.2) is 72.0 Å². The number of H-pyrrole nitrogens is 2. The fourth-order valence-electron chi connectivity index (χ4n) is 6.08. The van der Waals surface area contributed by atoms with Crippen LogP contribution in [0.1, 0.15) is 41.8 Å². The summed E-state index contributed by atoms with van der Waals surface area (Å²) in [6.45, 7) is 8.58. The summed E-state index contributed by atoms with van der Waals surface area (Å²) in [6, 6.07) is -0.658. The number of rotatable bonds is 10. The molecule has 3 aromatic heterocycles. The van der Waals surface area contributed by atoms with Crippen molar-refractivity contribution in [2.45, 2.75) is 70.2 Å². The van der Waals surface area contributed by atoms with Crippen LogP contribution >= 0.6 is 22.1 Å². The van der Waals surface area contributed by atoms with Crippen molar-refractivity contribution in [1.82, 2.24) is 28.7 Å². The van der Waals surface area contributed by atoms with E-state index in [0.29, 0.717) is 16.7 Å². The smallest absolute Gasteiger partial charge is 0.351 e. The number of ether oxygens (including phenoxy) is 3. The first-order chi connectivity index (χ1) is 27.7. The van der Waals surface area contributed by atoms with E-state index in [1.807, 2.05) is 0 Å². The number of hydrogen-bond acceptors (Lipinski definition) is 14. The van der Waals surface area contributed by atoms with Gasteiger partial charge in [0.05, 0.1) is 42.8 Å². The minimum atomic E-state index is -3.38. The van der Waals surface area contributed by atoms with Crippen LogP contribution in [-0.4, -0.2) is 106 Å². The second kappa shape index (κ2) is 19.3. The highest BCUT2D eigenvalue weighted by Crippen LogP contribution is 2.42. The lowest BCUT2D eigenvalue weighted by Crippen LogP contribution is -2.33. The van der Waals surface area contributed by atoms with Crippen LogP contribution in [-0.2, 0) is 27.9 Å². The van der Waals surface area contributed by atoms with Crippen LogP contribution in [0.25, 0.3) is 10.4 Å².